The standard InChI is InChI=1S/C20H22O6/c1-22-16-10-8-14(12-18(16)24-3)15(21)9-6-13-7-11-17(23-2)20(26-5)19(13)25-4/h6-12H,1-5H3/b9-6+. The normalized spacial score (nSPS) is 10.5. The topological polar surface area (TPSA) is 63.2 Å². The monoisotopic (exact) mass is 358 g/mol. The van der Waals surface area contributed by atoms with Crippen molar-refractivity contribution in [3.63, 3.8) is 0 Å². The summed E-state index contributed by atoms with van der Waals surface area (Å²) in [5.41, 5.74) is 1.18. The van der Waals surface area contributed by atoms with Gasteiger partial charge in [-0.3, -0.25) is 4.79 Å². The number of ketones is 1. The zero-order valence-electron chi connectivity index (χ0n) is 15.5. The summed E-state index contributed by atoms with van der Waals surface area (Å²) < 4.78 is 26.4. The van der Waals surface area contributed by atoms with Crippen molar-refractivity contribution in [2.24, 2.45) is 0 Å². The summed E-state index contributed by atoms with van der Waals surface area (Å²) in [6.07, 6.45) is 3.13. The lowest BCUT2D eigenvalue weighted by Gasteiger charge is -2.14. The van der Waals surface area contributed by atoms with Crippen molar-refractivity contribution < 1.29 is 28.5 Å². The molecule has 0 radical (unpaired) electrons. The second kappa shape index (κ2) is 8.80. The van der Waals surface area contributed by atoms with Gasteiger partial charge in [0.2, 0.25) is 5.75 Å². The smallest absolute Gasteiger partial charge is 0.203 e. The minimum atomic E-state index is -0.178. The van der Waals surface area contributed by atoms with Gasteiger partial charge in [0.15, 0.2) is 28.8 Å². The van der Waals surface area contributed by atoms with Gasteiger partial charge >= 0.3 is 0 Å². The van der Waals surface area contributed by atoms with E-state index >= 15 is 0 Å². The second-order valence-electron chi connectivity index (χ2n) is 5.19. The molecule has 2 aromatic carbocycles. The van der Waals surface area contributed by atoms with Crippen LogP contribution in [0.2, 0.25) is 0 Å². The molecule has 0 N–H and O–H groups in total. The Labute approximate surface area is 152 Å². The summed E-state index contributed by atoms with van der Waals surface area (Å²) in [6.45, 7) is 0. The highest BCUT2D eigenvalue weighted by Crippen LogP contribution is 2.40. The van der Waals surface area contributed by atoms with E-state index < -0.39 is 0 Å². The van der Waals surface area contributed by atoms with Crippen LogP contribution in [0.15, 0.2) is 36.4 Å². The van der Waals surface area contributed by atoms with Crippen molar-refractivity contribution in [3.05, 3.63) is 47.5 Å². The van der Waals surface area contributed by atoms with Gasteiger partial charge in [0.1, 0.15) is 0 Å². The molecule has 0 saturated heterocycles. The van der Waals surface area contributed by atoms with E-state index in [0.717, 1.165) is 0 Å². The molecule has 0 aromatic heterocycles. The average Bonchev–Trinajstić information content (AvgIpc) is 2.70. The molecular weight excluding hydrogens is 336 g/mol. The van der Waals surface area contributed by atoms with Crippen molar-refractivity contribution in [1.29, 1.82) is 0 Å². The average molecular weight is 358 g/mol. The van der Waals surface area contributed by atoms with Crippen LogP contribution in [0.4, 0.5) is 0 Å². The Morgan fingerprint density at radius 1 is 0.731 bits per heavy atom. The summed E-state index contributed by atoms with van der Waals surface area (Å²) in [4.78, 5) is 12.5. The van der Waals surface area contributed by atoms with Crippen LogP contribution >= 0.6 is 0 Å². The minimum absolute atomic E-state index is 0.178. The molecule has 0 unspecified atom stereocenters. The number of rotatable bonds is 8. The molecule has 0 amide bonds. The van der Waals surface area contributed by atoms with Gasteiger partial charge in [-0.05, 0) is 42.5 Å². The third kappa shape index (κ3) is 3.91. The number of ether oxygens (including phenoxy) is 5. The molecule has 0 aliphatic rings. The number of carbonyl (C=O) groups is 1. The molecule has 0 aliphatic carbocycles. The van der Waals surface area contributed by atoms with Crippen LogP contribution in [0, 0.1) is 0 Å². The SMILES string of the molecule is COc1ccc(C(=O)/C=C/c2ccc(OC)c(OC)c2OC)cc1OC. The van der Waals surface area contributed by atoms with E-state index in [9.17, 15) is 4.79 Å². The van der Waals surface area contributed by atoms with Crippen molar-refractivity contribution in [2.45, 2.75) is 0 Å². The van der Waals surface area contributed by atoms with Crippen LogP contribution in [-0.2, 0) is 0 Å². The highest BCUT2D eigenvalue weighted by atomic mass is 16.5. The van der Waals surface area contributed by atoms with Crippen LogP contribution in [0.25, 0.3) is 6.08 Å². The van der Waals surface area contributed by atoms with Gasteiger partial charge in [-0.1, -0.05) is 0 Å². The number of carbonyl (C=O) groups excluding carboxylic acids is 1. The number of hydrogen-bond acceptors (Lipinski definition) is 6. The van der Waals surface area contributed by atoms with E-state index in [1.54, 1.807) is 50.6 Å². The van der Waals surface area contributed by atoms with Crippen LogP contribution in [0.5, 0.6) is 28.7 Å². The zero-order valence-corrected chi connectivity index (χ0v) is 15.5. The van der Waals surface area contributed by atoms with Crippen molar-refractivity contribution in [2.75, 3.05) is 35.5 Å². The Kier molecular flexibility index (Phi) is 6.49. The van der Waals surface area contributed by atoms with Gasteiger partial charge in [0.05, 0.1) is 35.5 Å². The molecule has 26 heavy (non-hydrogen) atoms. The molecular formula is C20H22O6. The molecule has 0 spiro atoms. The van der Waals surface area contributed by atoms with Gasteiger partial charge in [0, 0.05) is 11.1 Å². The van der Waals surface area contributed by atoms with Crippen molar-refractivity contribution in [3.8, 4) is 28.7 Å². The van der Waals surface area contributed by atoms with E-state index in [2.05, 4.69) is 0 Å². The van der Waals surface area contributed by atoms with Crippen molar-refractivity contribution in [1.82, 2.24) is 0 Å². The molecule has 0 bridgehead atoms. The number of hydrogen-bond donors (Lipinski definition) is 0. The summed E-state index contributed by atoms with van der Waals surface area (Å²) >= 11 is 0. The largest absolute Gasteiger partial charge is 0.493 e. The summed E-state index contributed by atoms with van der Waals surface area (Å²) in [6, 6.07) is 8.55. The van der Waals surface area contributed by atoms with Crippen LogP contribution in [0.1, 0.15) is 15.9 Å². The van der Waals surface area contributed by atoms with E-state index in [4.69, 9.17) is 23.7 Å². The highest BCUT2D eigenvalue weighted by molar-refractivity contribution is 6.07. The third-order valence-corrected chi connectivity index (χ3v) is 3.82. The number of methoxy groups -OCH3 is 5. The Hall–Kier alpha value is -3.15. The Balaban J connectivity index is 2.33. The predicted molar refractivity (Wildman–Crippen MR) is 99.0 cm³/mol. The minimum Gasteiger partial charge on any atom is -0.493 e. The van der Waals surface area contributed by atoms with Gasteiger partial charge in [-0.25, -0.2) is 0 Å². The van der Waals surface area contributed by atoms with Gasteiger partial charge < -0.3 is 23.7 Å². The molecule has 2 aromatic rings. The van der Waals surface area contributed by atoms with E-state index in [1.165, 1.54) is 27.4 Å². The highest BCUT2D eigenvalue weighted by Gasteiger charge is 2.15. The molecule has 0 aliphatic heterocycles. The molecule has 0 fully saturated rings. The first-order chi connectivity index (χ1) is 12.6. The maximum Gasteiger partial charge on any atom is 0.203 e. The van der Waals surface area contributed by atoms with E-state index in [-0.39, 0.29) is 5.78 Å². The van der Waals surface area contributed by atoms with Crippen LogP contribution in [-0.4, -0.2) is 41.3 Å². The molecule has 138 valence electrons. The lowest BCUT2D eigenvalue weighted by molar-refractivity contribution is 0.104. The first kappa shape index (κ1) is 19.2. The van der Waals surface area contributed by atoms with Crippen LogP contribution < -0.4 is 23.7 Å². The maximum atomic E-state index is 12.5. The van der Waals surface area contributed by atoms with Crippen LogP contribution in [0.3, 0.4) is 0 Å². The predicted octanol–water partition coefficient (Wildman–Crippen LogP) is 3.63. The third-order valence-electron chi connectivity index (χ3n) is 3.82. The number of benzene rings is 2. The molecule has 2 rings (SSSR count). The Bertz CT molecular complexity index is 810. The summed E-state index contributed by atoms with van der Waals surface area (Å²) in [5, 5.41) is 0. The fourth-order valence-electron chi connectivity index (χ4n) is 2.51. The van der Waals surface area contributed by atoms with Gasteiger partial charge in [0.25, 0.3) is 0 Å². The molecule has 0 saturated carbocycles. The fraction of sp³-hybridized carbons (Fsp3) is 0.250. The Morgan fingerprint density at radius 3 is 1.92 bits per heavy atom. The van der Waals surface area contributed by atoms with Gasteiger partial charge in [-0.15, -0.1) is 0 Å². The first-order valence-corrected chi connectivity index (χ1v) is 7.83. The Morgan fingerprint density at radius 2 is 1.35 bits per heavy atom. The molecule has 6 nitrogen and oxygen atoms in total. The zero-order chi connectivity index (χ0) is 19.1. The summed E-state index contributed by atoms with van der Waals surface area (Å²) in [7, 11) is 7.68. The van der Waals surface area contributed by atoms with E-state index in [1.807, 2.05) is 0 Å². The lowest BCUT2D eigenvalue weighted by Crippen LogP contribution is -1.98. The molecule has 0 atom stereocenters. The van der Waals surface area contributed by atoms with Gasteiger partial charge in [-0.2, -0.15) is 0 Å². The quantitative estimate of drug-likeness (QED) is 0.530. The number of allylic oxidation sites excluding steroid dienone is 1. The molecule has 0 heterocycles. The summed E-state index contributed by atoms with van der Waals surface area (Å²) in [5.74, 6) is 2.39. The molecule has 6 heteroatoms. The first-order valence-electron chi connectivity index (χ1n) is 7.83. The van der Waals surface area contributed by atoms with E-state index in [0.29, 0.717) is 39.9 Å². The fourth-order valence-corrected chi connectivity index (χ4v) is 2.51. The second-order valence-corrected chi connectivity index (χ2v) is 5.19. The van der Waals surface area contributed by atoms with Crippen molar-refractivity contribution >= 4 is 11.9 Å². The maximum absolute atomic E-state index is 12.5. The lowest BCUT2D eigenvalue weighted by atomic mass is 10.1.